The van der Waals surface area contributed by atoms with E-state index in [-0.39, 0.29) is 46.6 Å². The lowest BCUT2D eigenvalue weighted by Gasteiger charge is -2.68. The van der Waals surface area contributed by atoms with Crippen molar-refractivity contribution in [2.75, 3.05) is 5.73 Å². The number of carbonyl (C=O) groups is 1. The van der Waals surface area contributed by atoms with Gasteiger partial charge in [-0.05, 0) is 48.4 Å². The van der Waals surface area contributed by atoms with Crippen molar-refractivity contribution in [3.63, 3.8) is 0 Å². The van der Waals surface area contributed by atoms with Crippen LogP contribution >= 0.6 is 0 Å². The number of rotatable bonds is 6. The Morgan fingerprint density at radius 2 is 2.00 bits per heavy atom. The number of carbonyl (C=O) groups excluding carboxylic acids is 1. The molecule has 2 N–H and O–H groups in total. The highest BCUT2D eigenvalue weighted by Gasteiger charge is 2.75. The average molecular weight is 534 g/mol. The molecule has 0 unspecified atom stereocenters. The largest absolute Gasteiger partial charge is 0.492 e. The number of nitrogens with two attached hydrogens (primary N) is 1. The molecule has 0 atom stereocenters. The van der Waals surface area contributed by atoms with Crippen molar-refractivity contribution >= 4 is 21.8 Å². The number of hydroxylamine groups is 1. The number of hydrogen-bond donors (Lipinski definition) is 1. The zero-order valence-corrected chi connectivity index (χ0v) is 19.8. The molecule has 2 bridgehead atoms. The lowest BCUT2D eigenvalue weighted by molar-refractivity contribution is -0.282. The molecule has 3 aliphatic carbocycles. The summed E-state index contributed by atoms with van der Waals surface area (Å²) in [6.45, 7) is 1.66. The van der Waals surface area contributed by atoms with Gasteiger partial charge in [-0.25, -0.2) is 28.2 Å². The van der Waals surface area contributed by atoms with Crippen LogP contribution in [0.5, 0.6) is 0 Å². The predicted molar refractivity (Wildman–Crippen MR) is 117 cm³/mol. The maximum atomic E-state index is 13.6. The van der Waals surface area contributed by atoms with Gasteiger partial charge in [0.25, 0.3) is 10.0 Å². The minimum Gasteiger partial charge on any atom is -0.381 e. The van der Waals surface area contributed by atoms with Crippen molar-refractivity contribution in [2.45, 2.75) is 42.8 Å². The van der Waals surface area contributed by atoms with Gasteiger partial charge >= 0.3 is 12.1 Å². The second kappa shape index (κ2) is 7.95. The lowest BCUT2D eigenvalue weighted by atomic mass is 9.40. The van der Waals surface area contributed by atoms with Crippen molar-refractivity contribution in [2.24, 2.45) is 5.41 Å². The summed E-state index contributed by atoms with van der Waals surface area (Å²) in [6.07, 6.45) is -1.69. The number of anilines is 1. The number of halogens is 3. The topological polar surface area (TPSA) is 170 Å². The summed E-state index contributed by atoms with van der Waals surface area (Å²) in [4.78, 5) is 27.9. The first-order valence-corrected chi connectivity index (χ1v) is 12.1. The van der Waals surface area contributed by atoms with Crippen LogP contribution in [-0.2, 0) is 19.7 Å². The molecule has 192 valence electrons. The summed E-state index contributed by atoms with van der Waals surface area (Å²) in [6, 6.07) is 5.83. The minimum absolute atomic E-state index is 0.0240. The number of aryl methyl sites for hydroxylation is 1. The van der Waals surface area contributed by atoms with Crippen molar-refractivity contribution in [3.8, 4) is 23.1 Å². The fourth-order valence-electron chi connectivity index (χ4n) is 4.71. The Kier molecular flexibility index (Phi) is 5.28. The monoisotopic (exact) mass is 534 g/mol. The van der Waals surface area contributed by atoms with Crippen molar-refractivity contribution in [1.82, 2.24) is 29.2 Å². The molecule has 3 aliphatic rings. The lowest BCUT2D eigenvalue weighted by Crippen LogP contribution is -2.75. The van der Waals surface area contributed by atoms with E-state index < -0.39 is 38.0 Å². The van der Waals surface area contributed by atoms with E-state index in [1.165, 1.54) is 41.7 Å². The van der Waals surface area contributed by atoms with E-state index in [0.717, 1.165) is 0 Å². The van der Waals surface area contributed by atoms with E-state index in [1.807, 2.05) is 6.07 Å². The van der Waals surface area contributed by atoms with Gasteiger partial charge in [-0.15, -0.1) is 0 Å². The summed E-state index contributed by atoms with van der Waals surface area (Å²) >= 11 is 0. The Balaban J connectivity index is 1.56. The van der Waals surface area contributed by atoms with E-state index in [9.17, 15) is 31.6 Å². The fourth-order valence-corrected chi connectivity index (χ4v) is 6.28. The number of benzene rings is 1. The highest BCUT2D eigenvalue weighted by Crippen LogP contribution is 2.70. The second-order valence-electron chi connectivity index (χ2n) is 9.04. The van der Waals surface area contributed by atoms with Crippen LogP contribution in [0.1, 0.15) is 24.8 Å². The smallest absolute Gasteiger partial charge is 0.381 e. The molecule has 3 saturated carbocycles. The van der Waals surface area contributed by atoms with Gasteiger partial charge in [0.15, 0.2) is 11.6 Å². The van der Waals surface area contributed by atoms with Crippen LogP contribution in [0.2, 0.25) is 0 Å². The first-order valence-electron chi connectivity index (χ1n) is 10.6. The highest BCUT2D eigenvalue weighted by atomic mass is 32.2. The van der Waals surface area contributed by atoms with E-state index in [0.29, 0.717) is 5.56 Å². The van der Waals surface area contributed by atoms with Crippen LogP contribution in [0, 0.1) is 23.7 Å². The first-order chi connectivity index (χ1) is 17.3. The fraction of sp³-hybridized carbons (Fsp3) is 0.333. The maximum absolute atomic E-state index is 13.6. The number of nitrogen functional groups attached to an aromatic ring is 1. The number of nitriles is 1. The standard InChI is InChI=1S/C21H17F3N8O4S/c1-12-2-3-13(4-14(12)15-5-28-16(26)17(30-15)31-11-27-10-29-31)37(34,35)32(36-18(33)21(22,23)24)20-6-19(7-20,8-20)9-25/h2-5,10-11H,6-8H2,1H3,(H2,26,28). The second-order valence-corrected chi connectivity index (χ2v) is 10.8. The molecule has 0 spiro atoms. The number of alkyl halides is 3. The SMILES string of the molecule is Cc1ccc(S(=O)(=O)N(OC(=O)C(F)(F)F)C23CC(C#N)(C2)C3)cc1-c1cnc(N)c(-n2cncn2)n1. The molecule has 3 fully saturated rings. The van der Waals surface area contributed by atoms with Crippen molar-refractivity contribution < 1.29 is 31.2 Å². The van der Waals surface area contributed by atoms with Gasteiger partial charge < -0.3 is 10.6 Å². The molecule has 0 radical (unpaired) electrons. The van der Waals surface area contributed by atoms with Gasteiger partial charge in [-0.3, -0.25) is 0 Å². The van der Waals surface area contributed by atoms with Crippen molar-refractivity contribution in [1.29, 1.82) is 5.26 Å². The number of hydrogen-bond acceptors (Lipinski definition) is 10. The molecule has 1 aromatic carbocycles. The molecule has 6 rings (SSSR count). The van der Waals surface area contributed by atoms with Crippen LogP contribution in [0.25, 0.3) is 17.1 Å². The number of aromatic nitrogens is 5. The van der Waals surface area contributed by atoms with E-state index in [4.69, 9.17) is 5.73 Å². The van der Waals surface area contributed by atoms with Crippen LogP contribution in [0.3, 0.4) is 0 Å². The summed E-state index contributed by atoms with van der Waals surface area (Å²) in [5.41, 5.74) is 4.66. The summed E-state index contributed by atoms with van der Waals surface area (Å²) in [5.74, 6) is -2.53. The molecule has 16 heteroatoms. The van der Waals surface area contributed by atoms with Crippen LogP contribution in [-0.4, -0.2) is 55.3 Å². The van der Waals surface area contributed by atoms with Crippen LogP contribution < -0.4 is 5.73 Å². The van der Waals surface area contributed by atoms with Gasteiger partial charge in [-0.2, -0.15) is 28.2 Å². The maximum Gasteiger partial charge on any atom is 0.492 e. The van der Waals surface area contributed by atoms with Gasteiger partial charge in [0.2, 0.25) is 0 Å². The zero-order chi connectivity index (χ0) is 26.8. The normalized spacial score (nSPS) is 22.6. The molecule has 12 nitrogen and oxygen atoms in total. The summed E-state index contributed by atoms with van der Waals surface area (Å²) in [7, 11) is -4.80. The summed E-state index contributed by atoms with van der Waals surface area (Å²) in [5, 5.41) is 13.2. The summed E-state index contributed by atoms with van der Waals surface area (Å²) < 4.78 is 67.5. The Morgan fingerprint density at radius 1 is 1.30 bits per heavy atom. The molecular weight excluding hydrogens is 517 g/mol. The predicted octanol–water partition coefficient (Wildman–Crippen LogP) is 2.07. The first kappa shape index (κ1) is 24.6. The zero-order valence-electron chi connectivity index (χ0n) is 19.0. The van der Waals surface area contributed by atoms with Gasteiger partial charge in [0.05, 0.1) is 33.8 Å². The number of sulfonamides is 1. The quantitative estimate of drug-likeness (QED) is 0.462. The molecular formula is C21H17F3N8O4S. The van der Waals surface area contributed by atoms with Crippen molar-refractivity contribution in [3.05, 3.63) is 42.6 Å². The van der Waals surface area contributed by atoms with Gasteiger partial charge in [-0.1, -0.05) is 6.07 Å². The van der Waals surface area contributed by atoms with Gasteiger partial charge in [0, 0.05) is 5.56 Å². The molecule has 0 aliphatic heterocycles. The Hall–Kier alpha value is -4.10. The minimum atomic E-state index is -5.43. The number of nitrogens with zero attached hydrogens (tertiary/aromatic N) is 7. The van der Waals surface area contributed by atoms with Gasteiger partial charge in [0.1, 0.15) is 12.7 Å². The van der Waals surface area contributed by atoms with E-state index in [1.54, 1.807) is 6.92 Å². The highest BCUT2D eigenvalue weighted by molar-refractivity contribution is 7.89. The molecule has 37 heavy (non-hydrogen) atoms. The molecule has 2 heterocycles. The van der Waals surface area contributed by atoms with Crippen LogP contribution in [0.15, 0.2) is 41.9 Å². The Bertz CT molecular complexity index is 1550. The Labute approximate surface area is 207 Å². The van der Waals surface area contributed by atoms with Crippen LogP contribution in [0.4, 0.5) is 19.0 Å². The molecule has 3 aromatic rings. The molecule has 2 aromatic heterocycles. The van der Waals surface area contributed by atoms with E-state index >= 15 is 0 Å². The molecule has 0 saturated heterocycles. The Morgan fingerprint density at radius 3 is 2.59 bits per heavy atom. The average Bonchev–Trinajstić information content (AvgIpc) is 3.31. The molecule has 0 amide bonds. The third kappa shape index (κ3) is 3.86. The van der Waals surface area contributed by atoms with E-state index in [2.05, 4.69) is 24.9 Å². The third-order valence-corrected chi connectivity index (χ3v) is 8.19. The third-order valence-electron chi connectivity index (χ3n) is 6.44.